The van der Waals surface area contributed by atoms with Crippen molar-refractivity contribution in [1.29, 1.82) is 0 Å². The molecule has 0 saturated carbocycles. The average Bonchev–Trinajstić information content (AvgIpc) is 2.29. The minimum absolute atomic E-state index is 0.485. The third kappa shape index (κ3) is 4.96. The van der Waals surface area contributed by atoms with Gasteiger partial charge in [-0.15, -0.1) is 0 Å². The number of likely N-dealkylation sites (N-methyl/N-ethyl adjacent to an activating group) is 1. The standard InChI is InChI=1S/C13H21NO/c1-3-7-13(14-2)11-15-10-12-8-5-4-6-9-12/h4-6,8-9,13-14H,3,7,10-11H2,1-2H3. The minimum Gasteiger partial charge on any atom is -0.375 e. The summed E-state index contributed by atoms with van der Waals surface area (Å²) < 4.78 is 5.66. The molecule has 0 aromatic heterocycles. The molecule has 2 heteroatoms. The van der Waals surface area contributed by atoms with Gasteiger partial charge in [0.25, 0.3) is 0 Å². The predicted octanol–water partition coefficient (Wildman–Crippen LogP) is 2.59. The van der Waals surface area contributed by atoms with Gasteiger partial charge in [0.15, 0.2) is 0 Å². The Kier molecular flexibility index (Phi) is 6.05. The zero-order valence-corrected chi connectivity index (χ0v) is 9.70. The largest absolute Gasteiger partial charge is 0.375 e. The van der Waals surface area contributed by atoms with Crippen LogP contribution in [-0.4, -0.2) is 19.7 Å². The van der Waals surface area contributed by atoms with Crippen LogP contribution in [0, 0.1) is 0 Å². The number of hydrogen-bond donors (Lipinski definition) is 1. The number of benzene rings is 1. The highest BCUT2D eigenvalue weighted by Gasteiger charge is 2.03. The quantitative estimate of drug-likeness (QED) is 0.742. The molecule has 0 heterocycles. The molecule has 0 aliphatic rings. The van der Waals surface area contributed by atoms with Crippen LogP contribution < -0.4 is 5.32 Å². The second-order valence-corrected chi connectivity index (χ2v) is 3.78. The summed E-state index contributed by atoms with van der Waals surface area (Å²) in [5, 5.41) is 3.26. The van der Waals surface area contributed by atoms with Gasteiger partial charge in [0.1, 0.15) is 0 Å². The van der Waals surface area contributed by atoms with Crippen LogP contribution in [0.5, 0.6) is 0 Å². The molecule has 0 radical (unpaired) electrons. The fourth-order valence-electron chi connectivity index (χ4n) is 1.55. The monoisotopic (exact) mass is 207 g/mol. The maximum absolute atomic E-state index is 5.66. The maximum atomic E-state index is 5.66. The summed E-state index contributed by atoms with van der Waals surface area (Å²) in [7, 11) is 1.99. The zero-order chi connectivity index (χ0) is 10.9. The highest BCUT2D eigenvalue weighted by Crippen LogP contribution is 2.02. The molecule has 1 rings (SSSR count). The topological polar surface area (TPSA) is 21.3 Å². The van der Waals surface area contributed by atoms with E-state index >= 15 is 0 Å². The molecular weight excluding hydrogens is 186 g/mol. The molecule has 0 fully saturated rings. The van der Waals surface area contributed by atoms with E-state index in [1.54, 1.807) is 0 Å². The number of ether oxygens (including phenoxy) is 1. The molecule has 1 aromatic carbocycles. The first-order valence-corrected chi connectivity index (χ1v) is 5.65. The summed E-state index contributed by atoms with van der Waals surface area (Å²) in [6.45, 7) is 3.70. The molecule has 84 valence electrons. The van der Waals surface area contributed by atoms with Crippen molar-refractivity contribution in [3.05, 3.63) is 35.9 Å². The van der Waals surface area contributed by atoms with Crippen molar-refractivity contribution >= 4 is 0 Å². The number of rotatable bonds is 7. The molecule has 1 unspecified atom stereocenters. The van der Waals surface area contributed by atoms with Crippen LogP contribution in [0.25, 0.3) is 0 Å². The van der Waals surface area contributed by atoms with Gasteiger partial charge in [0.2, 0.25) is 0 Å². The van der Waals surface area contributed by atoms with E-state index in [9.17, 15) is 0 Å². The molecule has 0 saturated heterocycles. The van der Waals surface area contributed by atoms with Gasteiger partial charge in [0.05, 0.1) is 13.2 Å². The van der Waals surface area contributed by atoms with Gasteiger partial charge in [-0.3, -0.25) is 0 Å². The van der Waals surface area contributed by atoms with Crippen LogP contribution in [0.1, 0.15) is 25.3 Å². The highest BCUT2D eigenvalue weighted by atomic mass is 16.5. The summed E-state index contributed by atoms with van der Waals surface area (Å²) in [5.41, 5.74) is 1.24. The zero-order valence-electron chi connectivity index (χ0n) is 9.70. The lowest BCUT2D eigenvalue weighted by Gasteiger charge is -2.15. The fraction of sp³-hybridized carbons (Fsp3) is 0.538. The summed E-state index contributed by atoms with van der Waals surface area (Å²) >= 11 is 0. The Morgan fingerprint density at radius 1 is 1.27 bits per heavy atom. The first kappa shape index (κ1) is 12.2. The minimum atomic E-state index is 0.485. The van der Waals surface area contributed by atoms with Crippen molar-refractivity contribution in [2.24, 2.45) is 0 Å². The molecule has 15 heavy (non-hydrogen) atoms. The van der Waals surface area contributed by atoms with Gasteiger partial charge in [-0.2, -0.15) is 0 Å². The van der Waals surface area contributed by atoms with Crippen molar-refractivity contribution in [2.75, 3.05) is 13.7 Å². The molecule has 0 amide bonds. The highest BCUT2D eigenvalue weighted by molar-refractivity contribution is 5.13. The van der Waals surface area contributed by atoms with Crippen LogP contribution in [-0.2, 0) is 11.3 Å². The average molecular weight is 207 g/mol. The third-order valence-corrected chi connectivity index (χ3v) is 2.48. The van der Waals surface area contributed by atoms with E-state index in [0.717, 1.165) is 6.61 Å². The van der Waals surface area contributed by atoms with E-state index in [1.165, 1.54) is 18.4 Å². The van der Waals surface area contributed by atoms with Crippen molar-refractivity contribution in [3.63, 3.8) is 0 Å². The fourth-order valence-corrected chi connectivity index (χ4v) is 1.55. The molecule has 0 bridgehead atoms. The first-order chi connectivity index (χ1) is 7.36. The second-order valence-electron chi connectivity index (χ2n) is 3.78. The van der Waals surface area contributed by atoms with Crippen LogP contribution in [0.2, 0.25) is 0 Å². The Bertz CT molecular complexity index is 248. The Morgan fingerprint density at radius 2 is 2.00 bits per heavy atom. The molecule has 2 nitrogen and oxygen atoms in total. The molecule has 0 spiro atoms. The molecule has 1 atom stereocenters. The SMILES string of the molecule is CCCC(COCc1ccccc1)NC. The van der Waals surface area contributed by atoms with Gasteiger partial charge in [0, 0.05) is 6.04 Å². The summed E-state index contributed by atoms with van der Waals surface area (Å²) in [5.74, 6) is 0. The van der Waals surface area contributed by atoms with E-state index in [4.69, 9.17) is 4.74 Å². The van der Waals surface area contributed by atoms with Crippen molar-refractivity contribution < 1.29 is 4.74 Å². The molecule has 0 aliphatic heterocycles. The van der Waals surface area contributed by atoms with Crippen LogP contribution in [0.4, 0.5) is 0 Å². The van der Waals surface area contributed by atoms with E-state index in [-0.39, 0.29) is 0 Å². The van der Waals surface area contributed by atoms with Gasteiger partial charge in [-0.05, 0) is 19.0 Å². The molecule has 1 aromatic rings. The Hall–Kier alpha value is -0.860. The van der Waals surface area contributed by atoms with Crippen molar-refractivity contribution in [2.45, 2.75) is 32.4 Å². The summed E-state index contributed by atoms with van der Waals surface area (Å²) in [6, 6.07) is 10.8. The second kappa shape index (κ2) is 7.43. The lowest BCUT2D eigenvalue weighted by Crippen LogP contribution is -2.29. The van der Waals surface area contributed by atoms with Gasteiger partial charge in [-0.25, -0.2) is 0 Å². The van der Waals surface area contributed by atoms with Crippen LogP contribution in [0.15, 0.2) is 30.3 Å². The molecule has 0 aliphatic carbocycles. The smallest absolute Gasteiger partial charge is 0.0717 e. The van der Waals surface area contributed by atoms with E-state index in [0.29, 0.717) is 12.6 Å². The van der Waals surface area contributed by atoms with Crippen molar-refractivity contribution in [1.82, 2.24) is 5.32 Å². The van der Waals surface area contributed by atoms with Crippen LogP contribution >= 0.6 is 0 Å². The lowest BCUT2D eigenvalue weighted by atomic mass is 10.2. The van der Waals surface area contributed by atoms with E-state index in [2.05, 4.69) is 24.4 Å². The number of hydrogen-bond acceptors (Lipinski definition) is 2. The Balaban J connectivity index is 2.20. The Morgan fingerprint density at radius 3 is 2.60 bits per heavy atom. The molecular formula is C13H21NO. The first-order valence-electron chi connectivity index (χ1n) is 5.65. The maximum Gasteiger partial charge on any atom is 0.0717 e. The molecule has 1 N–H and O–H groups in total. The van der Waals surface area contributed by atoms with E-state index < -0.39 is 0 Å². The van der Waals surface area contributed by atoms with Gasteiger partial charge >= 0.3 is 0 Å². The van der Waals surface area contributed by atoms with Crippen molar-refractivity contribution in [3.8, 4) is 0 Å². The Labute approximate surface area is 92.6 Å². The van der Waals surface area contributed by atoms with Crippen LogP contribution in [0.3, 0.4) is 0 Å². The number of nitrogens with one attached hydrogen (secondary N) is 1. The van der Waals surface area contributed by atoms with Gasteiger partial charge in [-0.1, -0.05) is 43.7 Å². The third-order valence-electron chi connectivity index (χ3n) is 2.48. The normalized spacial score (nSPS) is 12.7. The van der Waals surface area contributed by atoms with Gasteiger partial charge < -0.3 is 10.1 Å². The van der Waals surface area contributed by atoms with E-state index in [1.807, 2.05) is 25.2 Å². The summed E-state index contributed by atoms with van der Waals surface area (Å²) in [4.78, 5) is 0. The summed E-state index contributed by atoms with van der Waals surface area (Å²) in [6.07, 6.45) is 2.37. The lowest BCUT2D eigenvalue weighted by molar-refractivity contribution is 0.0981. The predicted molar refractivity (Wildman–Crippen MR) is 63.9 cm³/mol.